The lowest BCUT2D eigenvalue weighted by Gasteiger charge is -2.09. The molecule has 3 rings (SSSR count). The van der Waals surface area contributed by atoms with Crippen LogP contribution in [0.4, 0.5) is 5.82 Å². The van der Waals surface area contributed by atoms with Crippen LogP contribution in [-0.2, 0) is 17.1 Å². The summed E-state index contributed by atoms with van der Waals surface area (Å²) in [6.45, 7) is 0. The van der Waals surface area contributed by atoms with Crippen molar-refractivity contribution in [1.29, 1.82) is 0 Å². The number of nitrogens with zero attached hydrogens (tertiary/aromatic N) is 2. The van der Waals surface area contributed by atoms with Gasteiger partial charge in [-0.25, -0.2) is 8.42 Å². The van der Waals surface area contributed by atoms with Crippen molar-refractivity contribution in [3.63, 3.8) is 0 Å². The largest absolute Gasteiger partial charge is 0.264 e. The Balaban J connectivity index is 1.95. The number of nitrogens with one attached hydrogen (secondary N) is 1. The van der Waals surface area contributed by atoms with E-state index in [-0.39, 0.29) is 9.92 Å². The highest BCUT2D eigenvalue weighted by molar-refractivity contribution is 7.92. The predicted octanol–water partition coefficient (Wildman–Crippen LogP) is 4.19. The molecule has 24 heavy (non-hydrogen) atoms. The van der Waals surface area contributed by atoms with E-state index in [1.54, 1.807) is 13.1 Å². The summed E-state index contributed by atoms with van der Waals surface area (Å²) in [5.41, 5.74) is 1.56. The lowest BCUT2D eigenvalue weighted by Crippen LogP contribution is -2.15. The summed E-state index contributed by atoms with van der Waals surface area (Å²) < 4.78 is 29.1. The molecule has 0 amide bonds. The molecule has 0 aliphatic carbocycles. The maximum absolute atomic E-state index is 12.6. The highest BCUT2D eigenvalue weighted by Crippen LogP contribution is 2.28. The number of aryl methyl sites for hydroxylation is 1. The molecule has 0 aliphatic rings. The van der Waals surface area contributed by atoms with Crippen LogP contribution in [0.15, 0.2) is 59.5 Å². The monoisotopic (exact) mass is 381 g/mol. The summed E-state index contributed by atoms with van der Waals surface area (Å²) in [4.78, 5) is -0.0453. The van der Waals surface area contributed by atoms with Crippen LogP contribution < -0.4 is 4.72 Å². The smallest absolute Gasteiger partial charge is 0.264 e. The van der Waals surface area contributed by atoms with Gasteiger partial charge < -0.3 is 0 Å². The van der Waals surface area contributed by atoms with E-state index in [1.807, 2.05) is 30.3 Å². The summed E-state index contributed by atoms with van der Waals surface area (Å²) in [7, 11) is -2.19. The van der Waals surface area contributed by atoms with E-state index in [0.717, 1.165) is 5.56 Å². The Kier molecular flexibility index (Phi) is 4.54. The normalized spacial score (nSPS) is 11.5. The van der Waals surface area contributed by atoms with Gasteiger partial charge in [-0.1, -0.05) is 53.5 Å². The second kappa shape index (κ2) is 6.47. The molecule has 0 saturated heterocycles. The average Bonchev–Trinajstić information content (AvgIpc) is 2.88. The molecule has 0 atom stereocenters. The lowest BCUT2D eigenvalue weighted by molar-refractivity contribution is 0.600. The van der Waals surface area contributed by atoms with Crippen LogP contribution in [-0.4, -0.2) is 18.2 Å². The highest BCUT2D eigenvalue weighted by atomic mass is 35.5. The fourth-order valence-electron chi connectivity index (χ4n) is 2.20. The zero-order valence-electron chi connectivity index (χ0n) is 12.6. The first-order valence-corrected chi connectivity index (χ1v) is 9.18. The van der Waals surface area contributed by atoms with Gasteiger partial charge >= 0.3 is 0 Å². The molecule has 0 spiro atoms. The van der Waals surface area contributed by atoms with Crippen LogP contribution in [0, 0.1) is 0 Å². The average molecular weight is 382 g/mol. The van der Waals surface area contributed by atoms with Crippen LogP contribution in [0.25, 0.3) is 11.3 Å². The Morgan fingerprint density at radius 3 is 2.42 bits per heavy atom. The molecule has 0 saturated carbocycles. The Morgan fingerprint density at radius 1 is 1.04 bits per heavy atom. The van der Waals surface area contributed by atoms with Crippen molar-refractivity contribution in [3.8, 4) is 11.3 Å². The summed E-state index contributed by atoms with van der Waals surface area (Å²) in [6.07, 6.45) is 0. The maximum Gasteiger partial charge on any atom is 0.264 e. The van der Waals surface area contributed by atoms with Crippen LogP contribution in [0.2, 0.25) is 10.0 Å². The predicted molar refractivity (Wildman–Crippen MR) is 95.9 cm³/mol. The van der Waals surface area contributed by atoms with E-state index in [0.29, 0.717) is 16.5 Å². The van der Waals surface area contributed by atoms with Crippen molar-refractivity contribution in [2.24, 2.45) is 7.05 Å². The number of anilines is 1. The fourth-order valence-corrected chi connectivity index (χ4v) is 4.05. The second-order valence-corrected chi connectivity index (χ2v) is 7.58. The molecule has 5 nitrogen and oxygen atoms in total. The van der Waals surface area contributed by atoms with Gasteiger partial charge in [0.25, 0.3) is 10.0 Å². The summed E-state index contributed by atoms with van der Waals surface area (Å²) in [5.74, 6) is 0.333. The Bertz CT molecular complexity index is 986. The van der Waals surface area contributed by atoms with E-state index < -0.39 is 10.0 Å². The van der Waals surface area contributed by atoms with E-state index in [2.05, 4.69) is 9.82 Å². The van der Waals surface area contributed by atoms with Crippen molar-refractivity contribution in [1.82, 2.24) is 9.78 Å². The van der Waals surface area contributed by atoms with E-state index in [4.69, 9.17) is 23.2 Å². The number of hydrogen-bond acceptors (Lipinski definition) is 3. The molecule has 3 aromatic rings. The minimum atomic E-state index is -3.85. The minimum Gasteiger partial charge on any atom is -0.264 e. The van der Waals surface area contributed by atoms with Gasteiger partial charge in [0.05, 0.1) is 10.7 Å². The van der Waals surface area contributed by atoms with Gasteiger partial charge in [0.15, 0.2) is 0 Å². The standard InChI is InChI=1S/C16H13Cl2N3O2S/c1-21-16(10-14(19-21)11-5-3-2-4-6-11)20-24(22,23)15-8-7-12(17)9-13(15)18/h2-10,20H,1H3. The molecule has 1 heterocycles. The third kappa shape index (κ3) is 3.40. The van der Waals surface area contributed by atoms with E-state index >= 15 is 0 Å². The number of aromatic nitrogens is 2. The lowest BCUT2D eigenvalue weighted by atomic mass is 10.2. The quantitative estimate of drug-likeness (QED) is 0.736. The molecule has 0 bridgehead atoms. The highest BCUT2D eigenvalue weighted by Gasteiger charge is 2.20. The number of sulfonamides is 1. The third-order valence-corrected chi connectivity index (χ3v) is 5.44. The van der Waals surface area contributed by atoms with Crippen LogP contribution in [0.3, 0.4) is 0 Å². The summed E-state index contributed by atoms with van der Waals surface area (Å²) in [5, 5.41) is 4.75. The van der Waals surface area contributed by atoms with Gasteiger partial charge in [0, 0.05) is 23.7 Å². The number of benzene rings is 2. The molecule has 2 aromatic carbocycles. The summed E-state index contributed by atoms with van der Waals surface area (Å²) in [6, 6.07) is 15.4. The van der Waals surface area contributed by atoms with Crippen molar-refractivity contribution in [2.75, 3.05) is 4.72 Å². The number of rotatable bonds is 4. The molecular formula is C16H13Cl2N3O2S. The molecule has 1 aromatic heterocycles. The van der Waals surface area contributed by atoms with Gasteiger partial charge in [-0.3, -0.25) is 9.40 Å². The Labute approximate surface area is 149 Å². The third-order valence-electron chi connectivity index (χ3n) is 3.37. The van der Waals surface area contributed by atoms with E-state index in [9.17, 15) is 8.42 Å². The number of hydrogen-bond donors (Lipinski definition) is 1. The fraction of sp³-hybridized carbons (Fsp3) is 0.0625. The Morgan fingerprint density at radius 2 is 1.75 bits per heavy atom. The molecular weight excluding hydrogens is 369 g/mol. The van der Waals surface area contributed by atoms with Crippen molar-refractivity contribution < 1.29 is 8.42 Å². The molecule has 0 unspecified atom stereocenters. The summed E-state index contributed by atoms with van der Waals surface area (Å²) >= 11 is 11.8. The number of halogens is 2. The second-order valence-electron chi connectivity index (χ2n) is 5.08. The van der Waals surface area contributed by atoms with Gasteiger partial charge in [0.2, 0.25) is 0 Å². The maximum atomic E-state index is 12.6. The van der Waals surface area contributed by atoms with Crippen LogP contribution >= 0.6 is 23.2 Å². The van der Waals surface area contributed by atoms with Gasteiger partial charge in [-0.05, 0) is 18.2 Å². The first-order valence-electron chi connectivity index (χ1n) is 6.94. The zero-order valence-corrected chi connectivity index (χ0v) is 14.9. The van der Waals surface area contributed by atoms with Crippen molar-refractivity contribution >= 4 is 39.0 Å². The van der Waals surface area contributed by atoms with Crippen molar-refractivity contribution in [2.45, 2.75) is 4.90 Å². The molecule has 0 aliphatic heterocycles. The van der Waals surface area contributed by atoms with Crippen molar-refractivity contribution in [3.05, 3.63) is 64.6 Å². The Hall–Kier alpha value is -2.02. The van der Waals surface area contributed by atoms with Gasteiger partial charge in [-0.15, -0.1) is 0 Å². The zero-order chi connectivity index (χ0) is 17.3. The molecule has 0 fully saturated rings. The topological polar surface area (TPSA) is 64.0 Å². The minimum absolute atomic E-state index is 0.0453. The van der Waals surface area contributed by atoms with Crippen LogP contribution in [0.5, 0.6) is 0 Å². The first kappa shape index (κ1) is 16.8. The molecule has 124 valence electrons. The first-order chi connectivity index (χ1) is 11.4. The van der Waals surface area contributed by atoms with Crippen LogP contribution in [0.1, 0.15) is 0 Å². The molecule has 8 heteroatoms. The van der Waals surface area contributed by atoms with Gasteiger partial charge in [0.1, 0.15) is 10.7 Å². The van der Waals surface area contributed by atoms with E-state index in [1.165, 1.54) is 22.9 Å². The molecule has 0 radical (unpaired) electrons. The SMILES string of the molecule is Cn1nc(-c2ccccc2)cc1NS(=O)(=O)c1ccc(Cl)cc1Cl. The molecule has 1 N–H and O–H groups in total. The van der Waals surface area contributed by atoms with Gasteiger partial charge in [-0.2, -0.15) is 5.10 Å².